The molecule has 1 nitrogen and oxygen atoms in total. The zero-order valence-electron chi connectivity index (χ0n) is 11.6. The van der Waals surface area contributed by atoms with Crippen LogP contribution in [0.4, 0.5) is 4.39 Å². The molecule has 0 aliphatic heterocycles. The molecule has 0 aromatic heterocycles. The van der Waals surface area contributed by atoms with Gasteiger partial charge in [-0.3, -0.25) is 0 Å². The van der Waals surface area contributed by atoms with Crippen LogP contribution in [0.2, 0.25) is 0 Å². The molecular weight excluding hydrogens is 225 g/mol. The van der Waals surface area contributed by atoms with Gasteiger partial charge < -0.3 is 5.32 Å². The van der Waals surface area contributed by atoms with E-state index in [1.54, 1.807) is 6.07 Å². The van der Waals surface area contributed by atoms with Gasteiger partial charge in [-0.1, -0.05) is 63.6 Å². The molecule has 0 aliphatic carbocycles. The molecule has 0 aliphatic rings. The molecular formula is C16H26FN. The second-order valence-corrected chi connectivity index (χ2v) is 4.89. The summed E-state index contributed by atoms with van der Waals surface area (Å²) in [6.45, 7) is 3.87. The molecule has 1 N–H and O–H groups in total. The maximum atomic E-state index is 13.3. The van der Waals surface area contributed by atoms with Gasteiger partial charge in [-0.2, -0.15) is 0 Å². The van der Waals surface area contributed by atoms with Gasteiger partial charge in [0.2, 0.25) is 0 Å². The Morgan fingerprint density at radius 2 is 1.61 bits per heavy atom. The summed E-state index contributed by atoms with van der Waals surface area (Å²) in [6, 6.07) is 6.97. The molecule has 0 fully saturated rings. The van der Waals surface area contributed by atoms with Crippen LogP contribution in [-0.4, -0.2) is 6.54 Å². The summed E-state index contributed by atoms with van der Waals surface area (Å²) in [6.07, 6.45) is 9.23. The molecule has 0 amide bonds. The van der Waals surface area contributed by atoms with Crippen LogP contribution >= 0.6 is 0 Å². The summed E-state index contributed by atoms with van der Waals surface area (Å²) in [5.41, 5.74) is 0.764. The summed E-state index contributed by atoms with van der Waals surface area (Å²) >= 11 is 0. The molecule has 1 aromatic rings. The molecule has 0 unspecified atom stereocenters. The van der Waals surface area contributed by atoms with Crippen molar-refractivity contribution in [2.24, 2.45) is 0 Å². The van der Waals surface area contributed by atoms with Crippen LogP contribution in [-0.2, 0) is 6.54 Å². The lowest BCUT2D eigenvalue weighted by Gasteiger charge is -2.06. The smallest absolute Gasteiger partial charge is 0.127 e. The van der Waals surface area contributed by atoms with Crippen LogP contribution in [0.1, 0.15) is 57.4 Å². The molecule has 0 atom stereocenters. The van der Waals surface area contributed by atoms with Gasteiger partial charge in [0.1, 0.15) is 5.82 Å². The van der Waals surface area contributed by atoms with Gasteiger partial charge >= 0.3 is 0 Å². The largest absolute Gasteiger partial charge is 0.313 e. The fraction of sp³-hybridized carbons (Fsp3) is 0.625. The Balaban J connectivity index is 1.94. The highest BCUT2D eigenvalue weighted by Gasteiger charge is 1.98. The van der Waals surface area contributed by atoms with Crippen molar-refractivity contribution in [2.45, 2.75) is 58.4 Å². The Hall–Kier alpha value is -0.890. The second kappa shape index (κ2) is 10.1. The average Bonchev–Trinajstić information content (AvgIpc) is 2.39. The lowest BCUT2D eigenvalue weighted by Crippen LogP contribution is -2.15. The van der Waals surface area contributed by atoms with Gasteiger partial charge in [0.25, 0.3) is 0 Å². The van der Waals surface area contributed by atoms with Crippen LogP contribution < -0.4 is 5.32 Å². The van der Waals surface area contributed by atoms with Crippen molar-refractivity contribution in [3.63, 3.8) is 0 Å². The first-order valence-electron chi connectivity index (χ1n) is 7.28. The molecule has 0 bridgehead atoms. The number of hydrogen-bond donors (Lipinski definition) is 1. The van der Waals surface area contributed by atoms with Crippen LogP contribution in [0.5, 0.6) is 0 Å². The first-order chi connectivity index (χ1) is 8.84. The minimum Gasteiger partial charge on any atom is -0.313 e. The number of rotatable bonds is 10. The first-order valence-corrected chi connectivity index (χ1v) is 7.28. The Bertz CT molecular complexity index is 312. The predicted octanol–water partition coefficient (Wildman–Crippen LogP) is 4.67. The highest BCUT2D eigenvalue weighted by atomic mass is 19.1. The molecule has 2 heteroatoms. The van der Waals surface area contributed by atoms with Crippen LogP contribution in [0.3, 0.4) is 0 Å². The van der Waals surface area contributed by atoms with Gasteiger partial charge in [0.15, 0.2) is 0 Å². The Morgan fingerprint density at radius 1 is 0.944 bits per heavy atom. The van der Waals surface area contributed by atoms with Crippen molar-refractivity contribution in [1.82, 2.24) is 5.32 Å². The summed E-state index contributed by atoms with van der Waals surface area (Å²) < 4.78 is 13.3. The molecule has 0 radical (unpaired) electrons. The fourth-order valence-electron chi connectivity index (χ4n) is 2.07. The van der Waals surface area contributed by atoms with E-state index in [1.165, 1.54) is 51.0 Å². The minimum absolute atomic E-state index is 0.107. The maximum absolute atomic E-state index is 13.3. The topological polar surface area (TPSA) is 12.0 Å². The van der Waals surface area contributed by atoms with Gasteiger partial charge in [-0.25, -0.2) is 4.39 Å². The van der Waals surface area contributed by atoms with E-state index in [1.807, 2.05) is 12.1 Å². The molecule has 0 heterocycles. The molecule has 1 aromatic carbocycles. The molecule has 102 valence electrons. The minimum atomic E-state index is -0.107. The van der Waals surface area contributed by atoms with Crippen molar-refractivity contribution < 1.29 is 4.39 Å². The van der Waals surface area contributed by atoms with E-state index in [2.05, 4.69) is 12.2 Å². The van der Waals surface area contributed by atoms with E-state index in [9.17, 15) is 4.39 Å². The highest BCUT2D eigenvalue weighted by molar-refractivity contribution is 5.16. The van der Waals surface area contributed by atoms with Gasteiger partial charge in [0, 0.05) is 12.1 Å². The van der Waals surface area contributed by atoms with E-state index in [4.69, 9.17) is 0 Å². The van der Waals surface area contributed by atoms with Gasteiger partial charge in [0.05, 0.1) is 0 Å². The van der Waals surface area contributed by atoms with Gasteiger partial charge in [-0.05, 0) is 19.0 Å². The molecule has 18 heavy (non-hydrogen) atoms. The predicted molar refractivity (Wildman–Crippen MR) is 76.1 cm³/mol. The summed E-state index contributed by atoms with van der Waals surface area (Å²) in [7, 11) is 0. The molecule has 0 spiro atoms. The molecule has 1 rings (SSSR count). The highest BCUT2D eigenvalue weighted by Crippen LogP contribution is 2.07. The van der Waals surface area contributed by atoms with Crippen molar-refractivity contribution in [3.05, 3.63) is 35.6 Å². The van der Waals surface area contributed by atoms with E-state index < -0.39 is 0 Å². The SMILES string of the molecule is CCCCCCCCCNCc1ccccc1F. The zero-order valence-corrected chi connectivity index (χ0v) is 11.6. The van der Waals surface area contributed by atoms with Crippen LogP contribution in [0.25, 0.3) is 0 Å². The van der Waals surface area contributed by atoms with Crippen LogP contribution in [0.15, 0.2) is 24.3 Å². The fourth-order valence-corrected chi connectivity index (χ4v) is 2.07. The lowest BCUT2D eigenvalue weighted by molar-refractivity contribution is 0.550. The third kappa shape index (κ3) is 6.75. The van der Waals surface area contributed by atoms with Crippen molar-refractivity contribution >= 4 is 0 Å². The third-order valence-corrected chi connectivity index (χ3v) is 3.23. The number of nitrogens with one attached hydrogen (secondary N) is 1. The summed E-state index contributed by atoms with van der Waals surface area (Å²) in [5, 5.41) is 3.30. The second-order valence-electron chi connectivity index (χ2n) is 4.89. The monoisotopic (exact) mass is 251 g/mol. The third-order valence-electron chi connectivity index (χ3n) is 3.23. The summed E-state index contributed by atoms with van der Waals surface area (Å²) in [5.74, 6) is -0.107. The van der Waals surface area contributed by atoms with Gasteiger partial charge in [-0.15, -0.1) is 0 Å². The molecule has 0 saturated carbocycles. The first kappa shape index (κ1) is 15.2. The van der Waals surface area contributed by atoms with E-state index >= 15 is 0 Å². The van der Waals surface area contributed by atoms with E-state index in [0.717, 1.165) is 12.1 Å². The Labute approximate surface area is 111 Å². The van der Waals surface area contributed by atoms with Crippen molar-refractivity contribution in [2.75, 3.05) is 6.54 Å². The number of unbranched alkanes of at least 4 members (excludes halogenated alkanes) is 6. The quantitative estimate of drug-likeness (QED) is 0.596. The van der Waals surface area contributed by atoms with Crippen LogP contribution in [0, 0.1) is 5.82 Å². The number of benzene rings is 1. The summed E-state index contributed by atoms with van der Waals surface area (Å²) in [4.78, 5) is 0. The number of halogens is 1. The average molecular weight is 251 g/mol. The Morgan fingerprint density at radius 3 is 2.33 bits per heavy atom. The molecule has 0 saturated heterocycles. The number of hydrogen-bond acceptors (Lipinski definition) is 1. The standard InChI is InChI=1S/C16H26FN/c1-2-3-4-5-6-7-10-13-18-14-15-11-8-9-12-16(15)17/h8-9,11-12,18H,2-7,10,13-14H2,1H3. The van der Waals surface area contributed by atoms with E-state index in [0.29, 0.717) is 6.54 Å². The normalized spacial score (nSPS) is 10.8. The lowest BCUT2D eigenvalue weighted by atomic mass is 10.1. The van der Waals surface area contributed by atoms with E-state index in [-0.39, 0.29) is 5.82 Å². The zero-order chi connectivity index (χ0) is 13.1. The van der Waals surface area contributed by atoms with Crippen molar-refractivity contribution in [1.29, 1.82) is 0 Å². The maximum Gasteiger partial charge on any atom is 0.127 e. The Kier molecular flexibility index (Phi) is 8.49. The van der Waals surface area contributed by atoms with Crippen molar-refractivity contribution in [3.8, 4) is 0 Å².